The second-order valence-electron chi connectivity index (χ2n) is 3.52. The summed E-state index contributed by atoms with van der Waals surface area (Å²) in [5.74, 6) is 0.972. The van der Waals surface area contributed by atoms with Crippen molar-refractivity contribution in [3.8, 4) is 5.88 Å². The molecule has 4 heteroatoms. The summed E-state index contributed by atoms with van der Waals surface area (Å²) >= 11 is 6.14. The van der Waals surface area contributed by atoms with E-state index in [1.165, 1.54) is 0 Å². The van der Waals surface area contributed by atoms with Gasteiger partial charge in [0.15, 0.2) is 0 Å². The highest BCUT2D eigenvalue weighted by Gasteiger charge is 2.11. The fraction of sp³-hybridized carbons (Fsp3) is 0.600. The van der Waals surface area contributed by atoms with E-state index in [1.54, 1.807) is 19.5 Å². The monoisotopic (exact) mass is 214 g/mol. The lowest BCUT2D eigenvalue weighted by atomic mass is 10.1. The Morgan fingerprint density at radius 3 is 2.71 bits per heavy atom. The van der Waals surface area contributed by atoms with Crippen LogP contribution in [0.1, 0.15) is 19.5 Å². The molecule has 78 valence electrons. The Morgan fingerprint density at radius 2 is 2.14 bits per heavy atom. The van der Waals surface area contributed by atoms with Crippen LogP contribution >= 0.6 is 11.6 Å². The quantitative estimate of drug-likeness (QED) is 0.722. The first-order chi connectivity index (χ1) is 6.63. The standard InChI is InChI=1S/C10H15ClN2O/c1-7(2)9(11)4-8-5-12-6-10(13-8)14-3/h5-7,9H,4H2,1-3H3. The zero-order chi connectivity index (χ0) is 10.6. The highest BCUT2D eigenvalue weighted by atomic mass is 35.5. The van der Waals surface area contributed by atoms with E-state index in [4.69, 9.17) is 16.3 Å². The van der Waals surface area contributed by atoms with Crippen LogP contribution in [0.4, 0.5) is 0 Å². The number of halogens is 1. The van der Waals surface area contributed by atoms with Gasteiger partial charge in [0.2, 0.25) is 5.88 Å². The van der Waals surface area contributed by atoms with E-state index in [0.29, 0.717) is 11.8 Å². The van der Waals surface area contributed by atoms with Crippen LogP contribution in [0.2, 0.25) is 0 Å². The molecule has 0 fully saturated rings. The number of ether oxygens (including phenoxy) is 1. The average molecular weight is 215 g/mol. The van der Waals surface area contributed by atoms with Crippen LogP contribution in [0.15, 0.2) is 12.4 Å². The molecular weight excluding hydrogens is 200 g/mol. The molecule has 0 amide bonds. The van der Waals surface area contributed by atoms with Crippen molar-refractivity contribution < 1.29 is 4.74 Å². The minimum absolute atomic E-state index is 0.0939. The SMILES string of the molecule is COc1cncc(CC(Cl)C(C)C)n1. The third-order valence-corrected chi connectivity index (χ3v) is 2.66. The average Bonchev–Trinajstić information content (AvgIpc) is 2.18. The molecule has 0 spiro atoms. The Kier molecular flexibility index (Phi) is 4.14. The van der Waals surface area contributed by atoms with E-state index < -0.39 is 0 Å². The second-order valence-corrected chi connectivity index (χ2v) is 4.08. The summed E-state index contributed by atoms with van der Waals surface area (Å²) in [5.41, 5.74) is 0.873. The second kappa shape index (κ2) is 5.15. The van der Waals surface area contributed by atoms with Gasteiger partial charge < -0.3 is 4.74 Å². The van der Waals surface area contributed by atoms with Crippen molar-refractivity contribution in [1.82, 2.24) is 9.97 Å². The molecule has 1 atom stereocenters. The minimum atomic E-state index is 0.0939. The molecule has 1 aromatic heterocycles. The number of rotatable bonds is 4. The van der Waals surface area contributed by atoms with Crippen LogP contribution in [0.3, 0.4) is 0 Å². The summed E-state index contributed by atoms with van der Waals surface area (Å²) < 4.78 is 4.98. The Morgan fingerprint density at radius 1 is 1.43 bits per heavy atom. The predicted octanol–water partition coefficient (Wildman–Crippen LogP) is 2.29. The maximum atomic E-state index is 6.14. The molecule has 0 bridgehead atoms. The van der Waals surface area contributed by atoms with Gasteiger partial charge in [-0.15, -0.1) is 11.6 Å². The number of nitrogens with zero attached hydrogens (tertiary/aromatic N) is 2. The summed E-state index contributed by atoms with van der Waals surface area (Å²) in [5, 5.41) is 0.0939. The van der Waals surface area contributed by atoms with Crippen molar-refractivity contribution in [1.29, 1.82) is 0 Å². The van der Waals surface area contributed by atoms with E-state index in [-0.39, 0.29) is 5.38 Å². The van der Waals surface area contributed by atoms with E-state index in [2.05, 4.69) is 23.8 Å². The smallest absolute Gasteiger partial charge is 0.232 e. The molecule has 0 radical (unpaired) electrons. The van der Waals surface area contributed by atoms with Gasteiger partial charge in [0.1, 0.15) is 0 Å². The predicted molar refractivity (Wildman–Crippen MR) is 56.8 cm³/mol. The maximum absolute atomic E-state index is 6.14. The van der Waals surface area contributed by atoms with Crippen molar-refractivity contribution in [2.45, 2.75) is 25.6 Å². The van der Waals surface area contributed by atoms with E-state index in [0.717, 1.165) is 12.1 Å². The van der Waals surface area contributed by atoms with Crippen LogP contribution in [-0.4, -0.2) is 22.5 Å². The molecule has 0 saturated heterocycles. The number of methoxy groups -OCH3 is 1. The van der Waals surface area contributed by atoms with Gasteiger partial charge in [-0.25, -0.2) is 4.98 Å². The molecule has 0 aliphatic heterocycles. The Hall–Kier alpha value is -0.830. The zero-order valence-corrected chi connectivity index (χ0v) is 9.45. The lowest BCUT2D eigenvalue weighted by Crippen LogP contribution is -2.12. The van der Waals surface area contributed by atoms with Gasteiger partial charge in [-0.2, -0.15) is 0 Å². The Labute approximate surface area is 89.5 Å². The van der Waals surface area contributed by atoms with Crippen LogP contribution in [0.25, 0.3) is 0 Å². The molecule has 0 aliphatic rings. The van der Waals surface area contributed by atoms with Crippen molar-refractivity contribution in [2.75, 3.05) is 7.11 Å². The first-order valence-electron chi connectivity index (χ1n) is 4.62. The first-order valence-corrected chi connectivity index (χ1v) is 5.06. The first kappa shape index (κ1) is 11.2. The zero-order valence-electron chi connectivity index (χ0n) is 8.70. The summed E-state index contributed by atoms with van der Waals surface area (Å²) in [7, 11) is 1.58. The van der Waals surface area contributed by atoms with Gasteiger partial charge >= 0.3 is 0 Å². The van der Waals surface area contributed by atoms with Crippen molar-refractivity contribution in [3.63, 3.8) is 0 Å². The van der Waals surface area contributed by atoms with Gasteiger partial charge in [0, 0.05) is 18.0 Å². The van der Waals surface area contributed by atoms with Crippen LogP contribution < -0.4 is 4.74 Å². The molecule has 1 aromatic rings. The van der Waals surface area contributed by atoms with Gasteiger partial charge in [-0.05, 0) is 5.92 Å². The Balaban J connectivity index is 2.66. The van der Waals surface area contributed by atoms with E-state index in [1.807, 2.05) is 0 Å². The molecule has 1 unspecified atom stereocenters. The largest absolute Gasteiger partial charge is 0.480 e. The molecule has 0 aliphatic carbocycles. The lowest BCUT2D eigenvalue weighted by molar-refractivity contribution is 0.393. The number of aromatic nitrogens is 2. The number of hydrogen-bond acceptors (Lipinski definition) is 3. The van der Waals surface area contributed by atoms with Gasteiger partial charge in [0.25, 0.3) is 0 Å². The van der Waals surface area contributed by atoms with Gasteiger partial charge in [-0.1, -0.05) is 13.8 Å². The van der Waals surface area contributed by atoms with Gasteiger partial charge in [-0.3, -0.25) is 4.98 Å². The van der Waals surface area contributed by atoms with Crippen LogP contribution in [0, 0.1) is 5.92 Å². The topological polar surface area (TPSA) is 35.0 Å². The van der Waals surface area contributed by atoms with Crippen LogP contribution in [-0.2, 0) is 6.42 Å². The third kappa shape index (κ3) is 3.14. The molecule has 1 heterocycles. The third-order valence-electron chi connectivity index (χ3n) is 2.00. The summed E-state index contributed by atoms with van der Waals surface area (Å²) in [6.07, 6.45) is 4.03. The molecule has 0 aromatic carbocycles. The normalized spacial score (nSPS) is 12.9. The van der Waals surface area contributed by atoms with Gasteiger partial charge in [0.05, 0.1) is 19.0 Å². The number of alkyl halides is 1. The summed E-state index contributed by atoms with van der Waals surface area (Å²) in [6, 6.07) is 0. The fourth-order valence-corrected chi connectivity index (χ4v) is 1.18. The minimum Gasteiger partial charge on any atom is -0.480 e. The maximum Gasteiger partial charge on any atom is 0.232 e. The van der Waals surface area contributed by atoms with Crippen LogP contribution in [0.5, 0.6) is 5.88 Å². The molecule has 3 nitrogen and oxygen atoms in total. The number of hydrogen-bond donors (Lipinski definition) is 0. The molecule has 0 N–H and O–H groups in total. The summed E-state index contributed by atoms with van der Waals surface area (Å²) in [4.78, 5) is 8.27. The molecular formula is C10H15ClN2O. The molecule has 0 saturated carbocycles. The van der Waals surface area contributed by atoms with E-state index >= 15 is 0 Å². The van der Waals surface area contributed by atoms with E-state index in [9.17, 15) is 0 Å². The molecule has 1 rings (SSSR count). The Bertz CT molecular complexity index is 291. The molecule has 14 heavy (non-hydrogen) atoms. The highest BCUT2D eigenvalue weighted by Crippen LogP contribution is 2.15. The summed E-state index contributed by atoms with van der Waals surface area (Å²) in [6.45, 7) is 4.18. The van der Waals surface area contributed by atoms with Crippen molar-refractivity contribution in [2.24, 2.45) is 5.92 Å². The lowest BCUT2D eigenvalue weighted by Gasteiger charge is -2.12. The highest BCUT2D eigenvalue weighted by molar-refractivity contribution is 6.20. The van der Waals surface area contributed by atoms with Crippen molar-refractivity contribution in [3.05, 3.63) is 18.1 Å². The fourth-order valence-electron chi connectivity index (χ4n) is 1.02. The van der Waals surface area contributed by atoms with Crippen molar-refractivity contribution >= 4 is 11.6 Å².